The zero-order valence-corrected chi connectivity index (χ0v) is 22.8. The van der Waals surface area contributed by atoms with Crippen molar-refractivity contribution in [2.75, 3.05) is 12.4 Å². The molecule has 40 heavy (non-hydrogen) atoms. The van der Waals surface area contributed by atoms with Crippen molar-refractivity contribution in [1.29, 1.82) is 0 Å². The maximum absolute atomic E-state index is 6.52. The Morgan fingerprint density at radius 3 is 2.55 bits per heavy atom. The molecular formula is C31H32N6O3. The Bertz CT molecular complexity index is 1710. The molecule has 2 N–H and O–H groups in total. The number of methoxy groups -OCH3 is 1. The minimum atomic E-state index is 0.166. The number of rotatable bonds is 7. The smallest absolute Gasteiger partial charge is 0.162 e. The first kappa shape index (κ1) is 24.7. The molecule has 2 aliphatic rings. The van der Waals surface area contributed by atoms with Crippen LogP contribution in [0.1, 0.15) is 31.2 Å². The molecule has 2 aromatic heterocycles. The van der Waals surface area contributed by atoms with Crippen LogP contribution in [0.3, 0.4) is 0 Å². The number of hydrogen-bond donors (Lipinski definition) is 2. The first-order valence-corrected chi connectivity index (χ1v) is 13.7. The summed E-state index contributed by atoms with van der Waals surface area (Å²) in [4.78, 5) is 13.5. The number of ether oxygens (including phenoxy) is 3. The van der Waals surface area contributed by atoms with Crippen molar-refractivity contribution in [2.24, 2.45) is 7.05 Å². The van der Waals surface area contributed by atoms with Crippen LogP contribution in [-0.2, 0) is 7.05 Å². The fraction of sp³-hybridized carbons (Fsp3) is 0.323. The molecule has 9 nitrogen and oxygen atoms in total. The molecule has 2 unspecified atom stereocenters. The Morgan fingerprint density at radius 1 is 0.900 bits per heavy atom. The van der Waals surface area contributed by atoms with E-state index in [1.165, 1.54) is 12.8 Å². The number of anilines is 2. The van der Waals surface area contributed by atoms with Gasteiger partial charge in [-0.2, -0.15) is 0 Å². The van der Waals surface area contributed by atoms with Gasteiger partial charge in [-0.3, -0.25) is 0 Å². The van der Waals surface area contributed by atoms with E-state index in [1.54, 1.807) is 19.8 Å². The van der Waals surface area contributed by atoms with Crippen LogP contribution in [0.5, 0.6) is 23.0 Å². The van der Waals surface area contributed by atoms with E-state index in [9.17, 15) is 0 Å². The number of aromatic nitrogens is 4. The minimum Gasteiger partial charge on any atom is -0.493 e. The quantitative estimate of drug-likeness (QED) is 0.260. The third kappa shape index (κ3) is 4.66. The SMILES string of the molecule is COc1cc2ncnc(Nc3ccc(Oc4ccc5c(c4)ncn5C)c(C)c3)c2cc1OC1CC2CCC(C1)N2. The number of nitrogens with zero attached hydrogens (tertiary/aromatic N) is 4. The number of hydrogen-bond acceptors (Lipinski definition) is 8. The lowest BCUT2D eigenvalue weighted by atomic mass is 10.0. The normalized spacial score (nSPS) is 20.1. The van der Waals surface area contributed by atoms with Crippen LogP contribution in [0.4, 0.5) is 11.5 Å². The van der Waals surface area contributed by atoms with Crippen molar-refractivity contribution in [1.82, 2.24) is 24.8 Å². The molecule has 204 valence electrons. The second-order valence-electron chi connectivity index (χ2n) is 10.8. The molecule has 3 aromatic carbocycles. The molecule has 0 saturated carbocycles. The molecule has 2 aliphatic heterocycles. The number of benzene rings is 3. The molecule has 0 amide bonds. The van der Waals surface area contributed by atoms with Crippen LogP contribution in [0, 0.1) is 6.92 Å². The standard InChI is InChI=1S/C31H32N6O3/c1-18-10-19(6-9-28(18)39-22-7-8-27-26(13-22)34-17-37(27)2)36-31-24-14-30(29(38-3)15-25(24)32-16-33-31)40-23-11-20-4-5-21(12-23)35-20/h6-10,13-17,20-21,23,35H,4-5,11-12H2,1-3H3,(H,32,33,36). The number of fused-ring (bicyclic) bond motifs is 4. The molecule has 2 fully saturated rings. The first-order valence-electron chi connectivity index (χ1n) is 13.7. The van der Waals surface area contributed by atoms with Gasteiger partial charge in [0.1, 0.15) is 29.7 Å². The Morgan fingerprint density at radius 2 is 1.75 bits per heavy atom. The fourth-order valence-corrected chi connectivity index (χ4v) is 5.98. The molecular weight excluding hydrogens is 504 g/mol. The Labute approximate surface area is 232 Å². The molecule has 0 spiro atoms. The highest BCUT2D eigenvalue weighted by molar-refractivity contribution is 5.93. The summed E-state index contributed by atoms with van der Waals surface area (Å²) in [5, 5.41) is 8.02. The summed E-state index contributed by atoms with van der Waals surface area (Å²) in [7, 11) is 3.65. The van der Waals surface area contributed by atoms with Gasteiger partial charge in [-0.1, -0.05) is 0 Å². The van der Waals surface area contributed by atoms with Gasteiger partial charge in [-0.15, -0.1) is 0 Å². The largest absolute Gasteiger partial charge is 0.493 e. The van der Waals surface area contributed by atoms with E-state index in [1.807, 2.05) is 67.1 Å². The average Bonchev–Trinajstić information content (AvgIpc) is 3.50. The number of imidazole rings is 1. The fourth-order valence-electron chi connectivity index (χ4n) is 5.98. The second-order valence-corrected chi connectivity index (χ2v) is 10.8. The van der Waals surface area contributed by atoms with Gasteiger partial charge in [0.2, 0.25) is 0 Å². The van der Waals surface area contributed by atoms with Crippen molar-refractivity contribution >= 4 is 33.4 Å². The Hall–Kier alpha value is -4.37. The Balaban J connectivity index is 1.13. The van der Waals surface area contributed by atoms with Gasteiger partial charge in [0.25, 0.3) is 0 Å². The molecule has 0 radical (unpaired) electrons. The lowest BCUT2D eigenvalue weighted by Crippen LogP contribution is -2.42. The van der Waals surface area contributed by atoms with Crippen LogP contribution in [0.25, 0.3) is 21.9 Å². The van der Waals surface area contributed by atoms with E-state index >= 15 is 0 Å². The summed E-state index contributed by atoms with van der Waals surface area (Å²) in [5.74, 6) is 3.65. The molecule has 9 heteroatoms. The summed E-state index contributed by atoms with van der Waals surface area (Å²) in [6.45, 7) is 2.03. The molecule has 2 atom stereocenters. The van der Waals surface area contributed by atoms with Gasteiger partial charge in [0.15, 0.2) is 11.5 Å². The zero-order chi connectivity index (χ0) is 27.2. The van der Waals surface area contributed by atoms with Gasteiger partial charge >= 0.3 is 0 Å². The Kier molecular flexibility index (Phi) is 6.15. The lowest BCUT2D eigenvalue weighted by Gasteiger charge is -2.30. The van der Waals surface area contributed by atoms with Crippen molar-refractivity contribution < 1.29 is 14.2 Å². The zero-order valence-electron chi connectivity index (χ0n) is 22.8. The van der Waals surface area contributed by atoms with E-state index in [0.717, 1.165) is 63.3 Å². The molecule has 5 aromatic rings. The van der Waals surface area contributed by atoms with E-state index in [0.29, 0.717) is 23.7 Å². The second kappa shape index (κ2) is 9.98. The van der Waals surface area contributed by atoms with E-state index in [-0.39, 0.29) is 6.10 Å². The first-order chi connectivity index (χ1) is 19.5. The van der Waals surface area contributed by atoms with Gasteiger partial charge in [-0.25, -0.2) is 15.0 Å². The predicted molar refractivity (Wildman–Crippen MR) is 155 cm³/mol. The minimum absolute atomic E-state index is 0.166. The van der Waals surface area contributed by atoms with Crippen LogP contribution in [-0.4, -0.2) is 44.8 Å². The third-order valence-electron chi connectivity index (χ3n) is 8.01. The number of piperidine rings is 1. The van der Waals surface area contributed by atoms with Crippen LogP contribution in [0.2, 0.25) is 0 Å². The summed E-state index contributed by atoms with van der Waals surface area (Å²) in [6.07, 6.45) is 8.01. The predicted octanol–water partition coefficient (Wildman–Crippen LogP) is 6.03. The van der Waals surface area contributed by atoms with Crippen molar-refractivity contribution in [3.05, 3.63) is 66.7 Å². The van der Waals surface area contributed by atoms with Gasteiger partial charge in [0.05, 0.1) is 30.0 Å². The van der Waals surface area contributed by atoms with E-state index in [2.05, 4.69) is 25.6 Å². The highest BCUT2D eigenvalue weighted by Gasteiger charge is 2.35. The van der Waals surface area contributed by atoms with Crippen molar-refractivity contribution in [3.63, 3.8) is 0 Å². The van der Waals surface area contributed by atoms with Gasteiger partial charge in [0, 0.05) is 42.3 Å². The summed E-state index contributed by atoms with van der Waals surface area (Å²) < 4.78 is 20.4. The van der Waals surface area contributed by atoms with Gasteiger partial charge < -0.3 is 29.4 Å². The lowest BCUT2D eigenvalue weighted by molar-refractivity contribution is 0.133. The third-order valence-corrected chi connectivity index (χ3v) is 8.01. The maximum atomic E-state index is 6.52. The van der Waals surface area contributed by atoms with E-state index in [4.69, 9.17) is 14.2 Å². The topological polar surface area (TPSA) is 95.4 Å². The molecule has 2 saturated heterocycles. The average molecular weight is 537 g/mol. The van der Waals surface area contributed by atoms with Crippen LogP contribution < -0.4 is 24.8 Å². The summed E-state index contributed by atoms with van der Waals surface area (Å²) in [6, 6.07) is 17.0. The summed E-state index contributed by atoms with van der Waals surface area (Å²) in [5.41, 5.74) is 4.65. The monoisotopic (exact) mass is 536 g/mol. The molecule has 0 aliphatic carbocycles. The maximum Gasteiger partial charge on any atom is 0.162 e. The number of nitrogens with one attached hydrogen (secondary N) is 2. The molecule has 4 heterocycles. The van der Waals surface area contributed by atoms with Gasteiger partial charge in [-0.05, 0) is 74.6 Å². The highest BCUT2D eigenvalue weighted by atomic mass is 16.5. The van der Waals surface area contributed by atoms with Crippen molar-refractivity contribution in [2.45, 2.75) is 50.8 Å². The number of aryl methyl sites for hydroxylation is 2. The van der Waals surface area contributed by atoms with E-state index < -0.39 is 0 Å². The molecule has 7 rings (SSSR count). The highest BCUT2D eigenvalue weighted by Crippen LogP contribution is 2.38. The molecule has 2 bridgehead atoms. The van der Waals surface area contributed by atoms with Crippen LogP contribution >= 0.6 is 0 Å². The summed E-state index contributed by atoms with van der Waals surface area (Å²) >= 11 is 0. The van der Waals surface area contributed by atoms with Crippen molar-refractivity contribution in [3.8, 4) is 23.0 Å². The van der Waals surface area contributed by atoms with Crippen LogP contribution in [0.15, 0.2) is 61.2 Å².